The Bertz CT molecular complexity index is 1330. The van der Waals surface area contributed by atoms with Gasteiger partial charge in [-0.3, -0.25) is 19.8 Å². The van der Waals surface area contributed by atoms with Crippen molar-refractivity contribution in [3.05, 3.63) is 68.7 Å². The predicted octanol–water partition coefficient (Wildman–Crippen LogP) is 6.55. The number of aryl methyl sites for hydroxylation is 1. The second-order valence-electron chi connectivity index (χ2n) is 9.41. The predicted molar refractivity (Wildman–Crippen MR) is 149 cm³/mol. The van der Waals surface area contributed by atoms with E-state index in [-0.39, 0.29) is 21.2 Å². The molecule has 0 radical (unpaired) electrons. The van der Waals surface area contributed by atoms with Crippen molar-refractivity contribution in [2.24, 2.45) is 0 Å². The van der Waals surface area contributed by atoms with Crippen molar-refractivity contribution in [3.8, 4) is 0 Å². The lowest BCUT2D eigenvalue weighted by Gasteiger charge is -2.43. The van der Waals surface area contributed by atoms with Crippen LogP contribution in [0.3, 0.4) is 0 Å². The van der Waals surface area contributed by atoms with Gasteiger partial charge in [0.05, 0.1) is 21.3 Å². The first kappa shape index (κ1) is 25.4. The lowest BCUT2D eigenvalue weighted by Crippen LogP contribution is -2.54. The van der Waals surface area contributed by atoms with Gasteiger partial charge in [0, 0.05) is 17.8 Å². The van der Waals surface area contributed by atoms with E-state index in [1.165, 1.54) is 4.90 Å². The number of carbonyl (C=O) groups is 2. The summed E-state index contributed by atoms with van der Waals surface area (Å²) in [6.07, 6.45) is 4.93. The second-order valence-corrected chi connectivity index (χ2v) is 10.6. The summed E-state index contributed by atoms with van der Waals surface area (Å²) < 4.78 is 0. The highest BCUT2D eigenvalue weighted by Crippen LogP contribution is 2.41. The van der Waals surface area contributed by atoms with Gasteiger partial charge in [-0.25, -0.2) is 0 Å². The van der Waals surface area contributed by atoms with Crippen LogP contribution in [0.4, 0.5) is 11.4 Å². The number of halogens is 2. The summed E-state index contributed by atoms with van der Waals surface area (Å²) in [7, 11) is 0. The average molecular weight is 529 g/mol. The maximum atomic E-state index is 13.4. The fourth-order valence-electron chi connectivity index (χ4n) is 4.70. The summed E-state index contributed by atoms with van der Waals surface area (Å²) >= 11 is 17.5. The molecule has 0 bridgehead atoms. The monoisotopic (exact) mass is 527 g/mol. The summed E-state index contributed by atoms with van der Waals surface area (Å²) in [4.78, 5) is 29.9. The Morgan fingerprint density at radius 1 is 1.09 bits per heavy atom. The third kappa shape index (κ3) is 4.63. The van der Waals surface area contributed by atoms with Crippen molar-refractivity contribution in [2.75, 3.05) is 16.3 Å². The molecule has 0 saturated carbocycles. The Morgan fingerprint density at radius 2 is 1.80 bits per heavy atom. The minimum absolute atomic E-state index is 0.00379. The van der Waals surface area contributed by atoms with Gasteiger partial charge in [0.15, 0.2) is 5.11 Å². The van der Waals surface area contributed by atoms with Crippen molar-refractivity contribution >= 4 is 75.4 Å². The summed E-state index contributed by atoms with van der Waals surface area (Å²) in [6.45, 7) is 11.6. The molecule has 35 heavy (non-hydrogen) atoms. The number of nitrogens with zero attached hydrogens (tertiary/aromatic N) is 2. The highest BCUT2D eigenvalue weighted by atomic mass is 35.5. The molecule has 182 valence electrons. The van der Waals surface area contributed by atoms with Crippen LogP contribution in [0.2, 0.25) is 10.0 Å². The van der Waals surface area contributed by atoms with Crippen LogP contribution < -0.4 is 15.1 Å². The van der Waals surface area contributed by atoms with E-state index >= 15 is 0 Å². The molecule has 1 N–H and O–H groups in total. The zero-order valence-electron chi connectivity index (χ0n) is 20.3. The van der Waals surface area contributed by atoms with E-state index in [1.54, 1.807) is 24.3 Å². The molecule has 2 amide bonds. The molecule has 2 heterocycles. The largest absolute Gasteiger partial charge is 0.362 e. The lowest BCUT2D eigenvalue weighted by molar-refractivity contribution is -0.122. The van der Waals surface area contributed by atoms with Crippen molar-refractivity contribution in [1.82, 2.24) is 5.32 Å². The van der Waals surface area contributed by atoms with Gasteiger partial charge < -0.3 is 4.90 Å². The first-order valence-electron chi connectivity index (χ1n) is 11.4. The van der Waals surface area contributed by atoms with E-state index in [4.69, 9.17) is 35.4 Å². The van der Waals surface area contributed by atoms with E-state index in [1.807, 2.05) is 6.92 Å². The van der Waals surface area contributed by atoms with Gasteiger partial charge in [-0.05, 0) is 99.4 Å². The van der Waals surface area contributed by atoms with Crippen LogP contribution in [0.25, 0.3) is 11.6 Å². The quantitative estimate of drug-likeness (QED) is 0.278. The lowest BCUT2D eigenvalue weighted by atomic mass is 9.86. The molecule has 2 aromatic rings. The number of anilines is 2. The zero-order valence-corrected chi connectivity index (χ0v) is 22.7. The minimum Gasteiger partial charge on any atom is -0.362 e. The van der Waals surface area contributed by atoms with Crippen LogP contribution in [0.15, 0.2) is 42.0 Å². The molecule has 5 nitrogen and oxygen atoms in total. The molecule has 0 aliphatic carbocycles. The van der Waals surface area contributed by atoms with Crippen LogP contribution in [-0.4, -0.2) is 29.0 Å². The maximum absolute atomic E-state index is 13.4. The summed E-state index contributed by atoms with van der Waals surface area (Å²) in [5, 5.41) is 3.26. The van der Waals surface area contributed by atoms with Crippen LogP contribution in [0, 0.1) is 6.92 Å². The van der Waals surface area contributed by atoms with Gasteiger partial charge in [-0.2, -0.15) is 0 Å². The number of hydrogen-bond acceptors (Lipinski definition) is 4. The Labute approximate surface area is 221 Å². The molecule has 1 saturated heterocycles. The van der Waals surface area contributed by atoms with E-state index in [0.29, 0.717) is 10.7 Å². The van der Waals surface area contributed by atoms with E-state index in [0.717, 1.165) is 40.9 Å². The van der Waals surface area contributed by atoms with Gasteiger partial charge in [0.2, 0.25) is 0 Å². The van der Waals surface area contributed by atoms with E-state index in [2.05, 4.69) is 56.1 Å². The number of thiocarbonyl (C=S) groups is 1. The molecule has 0 unspecified atom stereocenters. The van der Waals surface area contributed by atoms with Gasteiger partial charge in [0.1, 0.15) is 5.57 Å². The SMILES string of the molecule is CCCN1c2cc(C)c(/C=C3/C(=O)NC(=S)N(c4ccc(Cl)c(Cl)c4)C3=O)cc2C(C)=CC1(C)C. The normalized spacial score (nSPS) is 18.5. The molecule has 0 spiro atoms. The molecule has 1 fully saturated rings. The molecular formula is C27H27Cl2N3O2S. The number of nitrogens with one attached hydrogen (secondary N) is 1. The van der Waals surface area contributed by atoms with E-state index in [9.17, 15) is 9.59 Å². The third-order valence-corrected chi connectivity index (χ3v) is 7.40. The topological polar surface area (TPSA) is 52.7 Å². The van der Waals surface area contributed by atoms with Gasteiger partial charge in [-0.1, -0.05) is 36.2 Å². The molecule has 8 heteroatoms. The van der Waals surface area contributed by atoms with Crippen molar-refractivity contribution in [2.45, 2.75) is 46.6 Å². The van der Waals surface area contributed by atoms with E-state index < -0.39 is 11.8 Å². The Kier molecular flexibility index (Phi) is 6.84. The molecule has 0 aromatic heterocycles. The van der Waals surface area contributed by atoms with Crippen molar-refractivity contribution in [1.29, 1.82) is 0 Å². The zero-order chi connectivity index (χ0) is 25.7. The number of carbonyl (C=O) groups excluding carboxylic acids is 2. The minimum atomic E-state index is -0.533. The average Bonchev–Trinajstić information content (AvgIpc) is 2.76. The molecule has 2 aliphatic heterocycles. The van der Waals surface area contributed by atoms with Gasteiger partial charge >= 0.3 is 0 Å². The standard InChI is InChI=1S/C27H27Cl2N3O2S/c1-6-9-31-23-10-15(2)17(11-19(23)16(3)14-27(31,4)5)12-20-24(33)30-26(35)32(25(20)34)18-7-8-21(28)22(29)13-18/h7-8,10-14H,6,9H2,1-5H3,(H,30,33,35)/b20-12-. The summed E-state index contributed by atoms with van der Waals surface area (Å²) in [5.74, 6) is -1.05. The maximum Gasteiger partial charge on any atom is 0.270 e. The number of allylic oxidation sites excluding steroid dienone is 1. The summed E-state index contributed by atoms with van der Waals surface area (Å²) in [6, 6.07) is 8.96. The van der Waals surface area contributed by atoms with Crippen LogP contribution in [-0.2, 0) is 9.59 Å². The molecule has 2 aromatic carbocycles. The molecule has 2 aliphatic rings. The smallest absolute Gasteiger partial charge is 0.270 e. The molecular weight excluding hydrogens is 501 g/mol. The van der Waals surface area contributed by atoms with Gasteiger partial charge in [0.25, 0.3) is 11.8 Å². The van der Waals surface area contributed by atoms with Gasteiger partial charge in [-0.15, -0.1) is 0 Å². The van der Waals surface area contributed by atoms with Crippen LogP contribution in [0.5, 0.6) is 0 Å². The van der Waals surface area contributed by atoms with Crippen molar-refractivity contribution < 1.29 is 9.59 Å². The summed E-state index contributed by atoms with van der Waals surface area (Å²) in [5.41, 5.74) is 5.51. The highest BCUT2D eigenvalue weighted by molar-refractivity contribution is 7.80. The fourth-order valence-corrected chi connectivity index (χ4v) is 5.28. The number of rotatable bonds is 4. The third-order valence-electron chi connectivity index (χ3n) is 6.38. The molecule has 4 rings (SSSR count). The fraction of sp³-hybridized carbons (Fsp3) is 0.296. The first-order valence-corrected chi connectivity index (χ1v) is 12.6. The van der Waals surface area contributed by atoms with Crippen LogP contribution >= 0.6 is 35.4 Å². The Balaban J connectivity index is 1.79. The first-order chi connectivity index (χ1) is 16.4. The Hall–Kier alpha value is -2.67. The molecule has 0 atom stereocenters. The number of hydrogen-bond donors (Lipinski definition) is 1. The number of benzene rings is 2. The highest BCUT2D eigenvalue weighted by Gasteiger charge is 2.35. The van der Waals surface area contributed by atoms with Crippen LogP contribution in [0.1, 0.15) is 50.8 Å². The van der Waals surface area contributed by atoms with Crippen molar-refractivity contribution in [3.63, 3.8) is 0 Å². The number of fused-ring (bicyclic) bond motifs is 1. The number of amides is 2. The second kappa shape index (κ2) is 9.41. The Morgan fingerprint density at radius 3 is 2.46 bits per heavy atom.